The molecule has 0 saturated carbocycles. The maximum atomic E-state index is 14.0. The fourth-order valence-corrected chi connectivity index (χ4v) is 5.18. The van der Waals surface area contributed by atoms with E-state index < -0.39 is 23.5 Å². The van der Waals surface area contributed by atoms with Gasteiger partial charge in [-0.3, -0.25) is 4.79 Å². The van der Waals surface area contributed by atoms with Crippen molar-refractivity contribution in [2.24, 2.45) is 0 Å². The van der Waals surface area contributed by atoms with Crippen LogP contribution in [0.2, 0.25) is 0 Å². The third-order valence-electron chi connectivity index (χ3n) is 5.02. The van der Waals surface area contributed by atoms with Gasteiger partial charge in [0.2, 0.25) is 0 Å². The molecular formula is C19H17F4NOS. The van der Waals surface area contributed by atoms with Gasteiger partial charge in [-0.1, -0.05) is 0 Å². The normalized spacial score (nSPS) is 23.5. The van der Waals surface area contributed by atoms with E-state index in [-0.39, 0.29) is 11.3 Å². The highest BCUT2D eigenvalue weighted by Crippen LogP contribution is 2.49. The number of carbonyl (C=O) groups excluding carboxylic acids is 1. The van der Waals surface area contributed by atoms with Crippen LogP contribution in [0, 0.1) is 5.82 Å². The van der Waals surface area contributed by atoms with E-state index in [1.165, 1.54) is 0 Å². The van der Waals surface area contributed by atoms with Crippen LogP contribution < -0.4 is 5.32 Å². The summed E-state index contributed by atoms with van der Waals surface area (Å²) in [5, 5.41) is 3.35. The molecular weight excluding hydrogens is 366 g/mol. The first-order valence-corrected chi connectivity index (χ1v) is 9.60. The molecule has 7 heteroatoms. The molecule has 26 heavy (non-hydrogen) atoms. The van der Waals surface area contributed by atoms with Crippen LogP contribution in [-0.4, -0.2) is 11.5 Å². The molecule has 0 fully saturated rings. The first kappa shape index (κ1) is 17.6. The fraction of sp³-hybridized carbons (Fsp3) is 0.421. The average Bonchev–Trinajstić information content (AvgIpc) is 2.59. The van der Waals surface area contributed by atoms with Crippen LogP contribution in [0.4, 0.5) is 17.6 Å². The Balaban J connectivity index is 1.89. The first-order chi connectivity index (χ1) is 12.3. The fourth-order valence-electron chi connectivity index (χ4n) is 3.93. The molecule has 3 aliphatic rings. The topological polar surface area (TPSA) is 29.1 Å². The summed E-state index contributed by atoms with van der Waals surface area (Å²) in [6, 6.07) is 2.63. The van der Waals surface area contributed by atoms with Crippen LogP contribution in [0.25, 0.3) is 0 Å². The van der Waals surface area contributed by atoms with Crippen molar-refractivity contribution in [2.45, 2.75) is 44.2 Å². The lowest BCUT2D eigenvalue weighted by Gasteiger charge is -2.37. The lowest BCUT2D eigenvalue weighted by molar-refractivity contribution is -0.137. The van der Waals surface area contributed by atoms with Gasteiger partial charge < -0.3 is 5.32 Å². The van der Waals surface area contributed by atoms with Crippen molar-refractivity contribution in [1.82, 2.24) is 5.32 Å². The number of alkyl halides is 3. The summed E-state index contributed by atoms with van der Waals surface area (Å²) in [6.45, 7) is 0. The standard InChI is InChI=1S/C19H17F4NOS/c20-12-8-10(7-11(9-12)19(21,22)23)16-17-13(3-1-5-15(17)25)24-14-4-2-6-26-18(14)16/h7-9,16,24H,1-6H2. The zero-order valence-corrected chi connectivity index (χ0v) is 14.7. The maximum absolute atomic E-state index is 14.0. The highest BCUT2D eigenvalue weighted by atomic mass is 32.2. The van der Waals surface area contributed by atoms with Crippen molar-refractivity contribution in [3.63, 3.8) is 0 Å². The van der Waals surface area contributed by atoms with Crippen LogP contribution in [0.15, 0.2) is 40.1 Å². The second-order valence-electron chi connectivity index (χ2n) is 6.79. The minimum absolute atomic E-state index is 0.0562. The van der Waals surface area contributed by atoms with Gasteiger partial charge in [0.15, 0.2) is 5.78 Å². The van der Waals surface area contributed by atoms with Crippen molar-refractivity contribution in [1.29, 1.82) is 0 Å². The Labute approximate surface area is 152 Å². The van der Waals surface area contributed by atoms with E-state index in [1.807, 2.05) is 0 Å². The summed E-state index contributed by atoms with van der Waals surface area (Å²) in [6.07, 6.45) is -1.06. The number of allylic oxidation sites excluding steroid dienone is 4. The van der Waals surface area contributed by atoms with E-state index in [2.05, 4.69) is 5.32 Å². The quantitative estimate of drug-likeness (QED) is 0.669. The van der Waals surface area contributed by atoms with Crippen molar-refractivity contribution in [3.8, 4) is 0 Å². The number of rotatable bonds is 1. The third-order valence-corrected chi connectivity index (χ3v) is 6.30. The van der Waals surface area contributed by atoms with Gasteiger partial charge in [-0.25, -0.2) is 4.39 Å². The molecule has 1 unspecified atom stereocenters. The second kappa shape index (κ2) is 6.44. The average molecular weight is 383 g/mol. The van der Waals surface area contributed by atoms with E-state index in [9.17, 15) is 22.4 Å². The number of ketones is 1. The van der Waals surface area contributed by atoms with Crippen LogP contribution in [0.5, 0.6) is 0 Å². The van der Waals surface area contributed by atoms with Crippen LogP contribution in [0.1, 0.15) is 49.1 Å². The molecule has 1 N–H and O–H groups in total. The molecule has 0 radical (unpaired) electrons. The van der Waals surface area contributed by atoms with Gasteiger partial charge in [-0.15, -0.1) is 11.8 Å². The monoisotopic (exact) mass is 383 g/mol. The van der Waals surface area contributed by atoms with Crippen LogP contribution in [0.3, 0.4) is 0 Å². The number of carbonyl (C=O) groups is 1. The zero-order chi connectivity index (χ0) is 18.5. The molecule has 0 saturated heterocycles. The van der Waals surface area contributed by atoms with Gasteiger partial charge >= 0.3 is 6.18 Å². The molecule has 1 atom stereocenters. The van der Waals surface area contributed by atoms with Gasteiger partial charge in [0, 0.05) is 34.2 Å². The lowest BCUT2D eigenvalue weighted by Crippen LogP contribution is -2.33. The lowest BCUT2D eigenvalue weighted by atomic mass is 9.78. The predicted molar refractivity (Wildman–Crippen MR) is 91.9 cm³/mol. The zero-order valence-electron chi connectivity index (χ0n) is 13.9. The number of hydrogen-bond donors (Lipinski definition) is 1. The minimum Gasteiger partial charge on any atom is -0.361 e. The summed E-state index contributed by atoms with van der Waals surface area (Å²) in [5.74, 6) is -0.743. The highest BCUT2D eigenvalue weighted by Gasteiger charge is 2.39. The smallest absolute Gasteiger partial charge is 0.361 e. The van der Waals surface area contributed by atoms with Gasteiger partial charge in [0.1, 0.15) is 5.82 Å². The first-order valence-electron chi connectivity index (χ1n) is 8.61. The molecule has 1 aromatic carbocycles. The number of hydrogen-bond acceptors (Lipinski definition) is 3. The maximum Gasteiger partial charge on any atom is 0.416 e. The van der Waals surface area contributed by atoms with Gasteiger partial charge in [0.05, 0.1) is 5.56 Å². The molecule has 1 aromatic rings. The Kier molecular flexibility index (Phi) is 4.37. The van der Waals surface area contributed by atoms with Crippen molar-refractivity contribution in [3.05, 3.63) is 57.0 Å². The number of thioether (sulfide) groups is 1. The van der Waals surface area contributed by atoms with Crippen molar-refractivity contribution < 1.29 is 22.4 Å². The summed E-state index contributed by atoms with van der Waals surface area (Å²) in [7, 11) is 0. The number of Topliss-reactive ketones (excluding diaryl/α,β-unsaturated/α-hetero) is 1. The summed E-state index contributed by atoms with van der Waals surface area (Å²) in [5.41, 5.74) is 1.48. The summed E-state index contributed by atoms with van der Waals surface area (Å²) >= 11 is 1.55. The van der Waals surface area contributed by atoms with E-state index >= 15 is 0 Å². The van der Waals surface area contributed by atoms with E-state index in [0.29, 0.717) is 24.5 Å². The minimum atomic E-state index is -4.63. The Morgan fingerprint density at radius 3 is 2.58 bits per heavy atom. The number of halogens is 4. The van der Waals surface area contributed by atoms with E-state index in [0.717, 1.165) is 53.4 Å². The van der Waals surface area contributed by atoms with E-state index in [4.69, 9.17) is 0 Å². The summed E-state index contributed by atoms with van der Waals surface area (Å²) < 4.78 is 53.6. The molecule has 2 heterocycles. The number of nitrogens with one attached hydrogen (secondary N) is 1. The summed E-state index contributed by atoms with van der Waals surface area (Å²) in [4.78, 5) is 13.5. The number of benzene rings is 1. The second-order valence-corrected chi connectivity index (χ2v) is 7.93. The van der Waals surface area contributed by atoms with Gasteiger partial charge in [-0.05, 0) is 55.2 Å². The largest absolute Gasteiger partial charge is 0.416 e. The molecule has 138 valence electrons. The Morgan fingerprint density at radius 2 is 1.81 bits per heavy atom. The predicted octanol–water partition coefficient (Wildman–Crippen LogP) is 5.28. The van der Waals surface area contributed by atoms with Gasteiger partial charge in [0.25, 0.3) is 0 Å². The molecule has 2 aliphatic heterocycles. The molecule has 0 spiro atoms. The van der Waals surface area contributed by atoms with Crippen LogP contribution in [-0.2, 0) is 11.0 Å². The molecule has 0 aromatic heterocycles. The third kappa shape index (κ3) is 3.06. The highest BCUT2D eigenvalue weighted by molar-refractivity contribution is 8.03. The SMILES string of the molecule is O=C1CCCC2=C1C(c1cc(F)cc(C(F)(F)F)c1)C1=C(CCCS1)N2. The van der Waals surface area contributed by atoms with Crippen molar-refractivity contribution in [2.75, 3.05) is 5.75 Å². The molecule has 0 amide bonds. The Morgan fingerprint density at radius 1 is 1.04 bits per heavy atom. The Hall–Kier alpha value is -1.76. The molecule has 2 nitrogen and oxygen atoms in total. The van der Waals surface area contributed by atoms with Crippen LogP contribution >= 0.6 is 11.8 Å². The molecule has 0 bridgehead atoms. The Bertz CT molecular complexity index is 840. The molecule has 4 rings (SSSR count). The van der Waals surface area contributed by atoms with Crippen molar-refractivity contribution >= 4 is 17.5 Å². The van der Waals surface area contributed by atoms with Gasteiger partial charge in [-0.2, -0.15) is 13.2 Å². The number of dihydropyridines is 1. The molecule has 1 aliphatic carbocycles. The van der Waals surface area contributed by atoms with E-state index in [1.54, 1.807) is 11.8 Å².